The molecule has 1 heteroatoms. The van der Waals surface area contributed by atoms with Crippen molar-refractivity contribution in [1.29, 1.82) is 0 Å². The predicted octanol–water partition coefficient (Wildman–Crippen LogP) is 4.20. The average Bonchev–Trinajstić information content (AvgIpc) is 2.04. The van der Waals surface area contributed by atoms with Crippen molar-refractivity contribution in [2.75, 3.05) is 12.0 Å². The highest BCUT2D eigenvalue weighted by atomic mass is 32.2. The molecule has 0 N–H and O–H groups in total. The van der Waals surface area contributed by atoms with E-state index in [4.69, 9.17) is 0 Å². The number of rotatable bonds is 7. The summed E-state index contributed by atoms with van der Waals surface area (Å²) in [5, 5.41) is 0. The molecule has 0 aromatic carbocycles. The van der Waals surface area contributed by atoms with Gasteiger partial charge >= 0.3 is 0 Å². The summed E-state index contributed by atoms with van der Waals surface area (Å²) in [6, 6.07) is 0. The minimum absolute atomic E-state index is 0.933. The van der Waals surface area contributed by atoms with Gasteiger partial charge in [0.1, 0.15) is 0 Å². The highest BCUT2D eigenvalue weighted by molar-refractivity contribution is 7.98. The Kier molecular flexibility index (Phi) is 8.20. The van der Waals surface area contributed by atoms with Crippen LogP contribution in [0.1, 0.15) is 46.5 Å². The first kappa shape index (κ1) is 12.3. The lowest BCUT2D eigenvalue weighted by molar-refractivity contribution is 0.345. The van der Waals surface area contributed by atoms with E-state index in [9.17, 15) is 0 Å². The molecule has 0 fully saturated rings. The molecule has 0 amide bonds. The lowest BCUT2D eigenvalue weighted by Crippen LogP contribution is -2.14. The predicted molar refractivity (Wildman–Crippen MR) is 60.9 cm³/mol. The van der Waals surface area contributed by atoms with Gasteiger partial charge in [-0.25, -0.2) is 0 Å². The van der Waals surface area contributed by atoms with Crippen molar-refractivity contribution in [1.82, 2.24) is 0 Å². The standard InChI is InChI=1S/C11H24S/c1-5-7-10(3)11(8-6-2)9-12-4/h10-11H,5-9H2,1-4H3. The van der Waals surface area contributed by atoms with Crippen molar-refractivity contribution in [3.8, 4) is 0 Å². The van der Waals surface area contributed by atoms with Crippen LogP contribution in [0.2, 0.25) is 0 Å². The molecule has 2 unspecified atom stereocenters. The topological polar surface area (TPSA) is 0 Å². The fourth-order valence-electron chi connectivity index (χ4n) is 1.81. The molecule has 0 heterocycles. The highest BCUT2D eigenvalue weighted by Gasteiger charge is 2.14. The van der Waals surface area contributed by atoms with E-state index >= 15 is 0 Å². The third-order valence-electron chi connectivity index (χ3n) is 2.59. The molecule has 12 heavy (non-hydrogen) atoms. The van der Waals surface area contributed by atoms with E-state index in [-0.39, 0.29) is 0 Å². The van der Waals surface area contributed by atoms with Gasteiger partial charge < -0.3 is 0 Å². The van der Waals surface area contributed by atoms with E-state index in [0.29, 0.717) is 0 Å². The molecule has 0 aliphatic heterocycles. The SMILES string of the molecule is CCCC(C)C(CCC)CSC. The number of thioether (sulfide) groups is 1. The van der Waals surface area contributed by atoms with E-state index in [1.54, 1.807) is 0 Å². The first-order chi connectivity index (χ1) is 5.76. The number of hydrogen-bond acceptors (Lipinski definition) is 1. The summed E-state index contributed by atoms with van der Waals surface area (Å²) in [5.74, 6) is 3.25. The normalized spacial score (nSPS) is 16.0. The van der Waals surface area contributed by atoms with Gasteiger partial charge in [0, 0.05) is 0 Å². The molecule has 0 aliphatic rings. The molecule has 0 bridgehead atoms. The highest BCUT2D eigenvalue weighted by Crippen LogP contribution is 2.24. The Morgan fingerprint density at radius 3 is 2.08 bits per heavy atom. The smallest absolute Gasteiger partial charge is 0.00394 e. The quantitative estimate of drug-likeness (QED) is 0.577. The molecule has 74 valence electrons. The maximum atomic E-state index is 2.42. The Labute approximate surface area is 82.5 Å². The first-order valence-electron chi connectivity index (χ1n) is 5.25. The first-order valence-corrected chi connectivity index (χ1v) is 6.64. The van der Waals surface area contributed by atoms with Crippen molar-refractivity contribution in [3.05, 3.63) is 0 Å². The minimum atomic E-state index is 0.933. The second kappa shape index (κ2) is 7.97. The Hall–Kier alpha value is 0.350. The Balaban J connectivity index is 3.72. The van der Waals surface area contributed by atoms with E-state index in [1.165, 1.54) is 31.4 Å². The molecular weight excluding hydrogens is 164 g/mol. The molecule has 0 radical (unpaired) electrons. The molecule has 0 saturated carbocycles. The van der Waals surface area contributed by atoms with E-state index < -0.39 is 0 Å². The lowest BCUT2D eigenvalue weighted by Gasteiger charge is -2.22. The Morgan fingerprint density at radius 2 is 1.67 bits per heavy atom. The van der Waals surface area contributed by atoms with Crippen LogP contribution in [-0.2, 0) is 0 Å². The van der Waals surface area contributed by atoms with Crippen molar-refractivity contribution in [2.45, 2.75) is 46.5 Å². The monoisotopic (exact) mass is 188 g/mol. The fraction of sp³-hybridized carbons (Fsp3) is 1.00. The molecule has 0 saturated heterocycles. The van der Waals surface area contributed by atoms with Crippen LogP contribution in [0.25, 0.3) is 0 Å². The van der Waals surface area contributed by atoms with Crippen LogP contribution in [0.3, 0.4) is 0 Å². The minimum Gasteiger partial charge on any atom is -0.165 e. The summed E-state index contributed by atoms with van der Waals surface area (Å²) in [4.78, 5) is 0. The molecule has 0 rings (SSSR count). The van der Waals surface area contributed by atoms with Crippen molar-refractivity contribution >= 4 is 11.8 Å². The van der Waals surface area contributed by atoms with Crippen LogP contribution in [0, 0.1) is 11.8 Å². The van der Waals surface area contributed by atoms with Gasteiger partial charge in [-0.3, -0.25) is 0 Å². The van der Waals surface area contributed by atoms with E-state index in [0.717, 1.165) is 11.8 Å². The van der Waals surface area contributed by atoms with Crippen molar-refractivity contribution in [2.24, 2.45) is 11.8 Å². The van der Waals surface area contributed by atoms with Gasteiger partial charge in [0.05, 0.1) is 0 Å². The molecule has 0 spiro atoms. The van der Waals surface area contributed by atoms with Gasteiger partial charge in [-0.15, -0.1) is 0 Å². The van der Waals surface area contributed by atoms with Crippen LogP contribution in [0.5, 0.6) is 0 Å². The molecule has 0 aliphatic carbocycles. The van der Waals surface area contributed by atoms with Crippen LogP contribution >= 0.6 is 11.8 Å². The van der Waals surface area contributed by atoms with E-state index in [1.807, 2.05) is 11.8 Å². The Bertz CT molecular complexity index is 85.0. The lowest BCUT2D eigenvalue weighted by atomic mass is 9.88. The summed E-state index contributed by atoms with van der Waals surface area (Å²) >= 11 is 2.00. The molecule has 0 aromatic rings. The maximum absolute atomic E-state index is 2.42. The molecular formula is C11H24S. The summed E-state index contributed by atoms with van der Waals surface area (Å²) in [7, 11) is 0. The van der Waals surface area contributed by atoms with Gasteiger partial charge in [-0.05, 0) is 30.3 Å². The van der Waals surface area contributed by atoms with Gasteiger partial charge in [0.2, 0.25) is 0 Å². The van der Waals surface area contributed by atoms with E-state index in [2.05, 4.69) is 27.0 Å². The maximum Gasteiger partial charge on any atom is -0.00394 e. The second-order valence-corrected chi connectivity index (χ2v) is 4.68. The average molecular weight is 188 g/mol. The third kappa shape index (κ3) is 5.08. The molecule has 0 nitrogen and oxygen atoms in total. The zero-order valence-corrected chi connectivity index (χ0v) is 9.91. The second-order valence-electron chi connectivity index (χ2n) is 3.77. The third-order valence-corrected chi connectivity index (χ3v) is 3.35. The van der Waals surface area contributed by atoms with Crippen LogP contribution in [0.15, 0.2) is 0 Å². The van der Waals surface area contributed by atoms with Gasteiger partial charge in [-0.2, -0.15) is 11.8 Å². The Morgan fingerprint density at radius 1 is 1.08 bits per heavy atom. The van der Waals surface area contributed by atoms with Crippen LogP contribution < -0.4 is 0 Å². The summed E-state index contributed by atoms with van der Waals surface area (Å²) in [5.41, 5.74) is 0. The zero-order valence-electron chi connectivity index (χ0n) is 9.10. The van der Waals surface area contributed by atoms with Crippen molar-refractivity contribution < 1.29 is 0 Å². The van der Waals surface area contributed by atoms with Crippen molar-refractivity contribution in [3.63, 3.8) is 0 Å². The zero-order chi connectivity index (χ0) is 9.40. The summed E-state index contributed by atoms with van der Waals surface area (Å²) in [6.45, 7) is 7.00. The van der Waals surface area contributed by atoms with Gasteiger partial charge in [-0.1, -0.05) is 40.0 Å². The van der Waals surface area contributed by atoms with Crippen LogP contribution in [-0.4, -0.2) is 12.0 Å². The summed E-state index contributed by atoms with van der Waals surface area (Å²) in [6.07, 6.45) is 7.74. The molecule has 2 atom stereocenters. The largest absolute Gasteiger partial charge is 0.165 e. The van der Waals surface area contributed by atoms with Gasteiger partial charge in [0.15, 0.2) is 0 Å². The van der Waals surface area contributed by atoms with Gasteiger partial charge in [0.25, 0.3) is 0 Å². The summed E-state index contributed by atoms with van der Waals surface area (Å²) < 4.78 is 0. The number of hydrogen-bond donors (Lipinski definition) is 0. The molecule has 0 aromatic heterocycles. The van der Waals surface area contributed by atoms with Crippen LogP contribution in [0.4, 0.5) is 0 Å². The fourth-order valence-corrected chi connectivity index (χ4v) is 2.73.